The quantitative estimate of drug-likeness (QED) is 0.733. The standard InChI is InChI=1S/C8H8ClN3O/c1-13-5-8-11-10-7-4-6(9)2-3-12(7)8/h2-4H,5H2,1H3. The van der Waals surface area contributed by atoms with Gasteiger partial charge in [0.2, 0.25) is 0 Å². The van der Waals surface area contributed by atoms with Crippen LogP contribution in [0, 0.1) is 0 Å². The molecule has 0 N–H and O–H groups in total. The Morgan fingerprint density at radius 2 is 2.38 bits per heavy atom. The molecule has 5 heteroatoms. The van der Waals surface area contributed by atoms with Crippen LogP contribution in [0.5, 0.6) is 0 Å². The fourth-order valence-electron chi connectivity index (χ4n) is 1.14. The molecule has 2 aromatic rings. The smallest absolute Gasteiger partial charge is 0.163 e. The molecule has 0 saturated carbocycles. The summed E-state index contributed by atoms with van der Waals surface area (Å²) in [5.74, 6) is 0.772. The highest BCUT2D eigenvalue weighted by Crippen LogP contribution is 2.11. The van der Waals surface area contributed by atoms with E-state index in [4.69, 9.17) is 16.3 Å². The summed E-state index contributed by atoms with van der Waals surface area (Å²) in [6.45, 7) is 0.447. The molecule has 2 aromatic heterocycles. The fourth-order valence-corrected chi connectivity index (χ4v) is 1.30. The van der Waals surface area contributed by atoms with Crippen molar-refractivity contribution in [2.75, 3.05) is 7.11 Å². The Morgan fingerprint density at radius 1 is 1.54 bits per heavy atom. The van der Waals surface area contributed by atoms with Crippen molar-refractivity contribution in [2.24, 2.45) is 0 Å². The van der Waals surface area contributed by atoms with Crippen molar-refractivity contribution in [3.63, 3.8) is 0 Å². The minimum absolute atomic E-state index is 0.447. The average Bonchev–Trinajstić information content (AvgIpc) is 2.49. The highest BCUT2D eigenvalue weighted by Gasteiger charge is 2.03. The van der Waals surface area contributed by atoms with Crippen LogP contribution in [-0.4, -0.2) is 21.7 Å². The SMILES string of the molecule is COCc1nnc2cc(Cl)ccn12. The Hall–Kier alpha value is -1.13. The molecule has 0 aliphatic carbocycles. The second kappa shape index (κ2) is 3.32. The number of fused-ring (bicyclic) bond motifs is 1. The molecule has 2 rings (SSSR count). The molecule has 2 heterocycles. The Labute approximate surface area is 80.1 Å². The van der Waals surface area contributed by atoms with Crippen LogP contribution >= 0.6 is 11.6 Å². The molecular weight excluding hydrogens is 190 g/mol. The maximum Gasteiger partial charge on any atom is 0.163 e. The van der Waals surface area contributed by atoms with Gasteiger partial charge in [-0.25, -0.2) is 0 Å². The van der Waals surface area contributed by atoms with E-state index < -0.39 is 0 Å². The van der Waals surface area contributed by atoms with Gasteiger partial charge in [0, 0.05) is 24.4 Å². The Morgan fingerprint density at radius 3 is 3.15 bits per heavy atom. The van der Waals surface area contributed by atoms with E-state index in [1.165, 1.54) is 0 Å². The number of nitrogens with zero attached hydrogens (tertiary/aromatic N) is 3. The number of methoxy groups -OCH3 is 1. The molecule has 0 radical (unpaired) electrons. The van der Waals surface area contributed by atoms with Gasteiger partial charge in [-0.05, 0) is 6.07 Å². The predicted octanol–water partition coefficient (Wildman–Crippen LogP) is 1.53. The van der Waals surface area contributed by atoms with Crippen molar-refractivity contribution in [1.29, 1.82) is 0 Å². The van der Waals surface area contributed by atoms with Crippen LogP contribution in [0.1, 0.15) is 5.82 Å². The highest BCUT2D eigenvalue weighted by atomic mass is 35.5. The summed E-state index contributed by atoms with van der Waals surface area (Å²) in [6.07, 6.45) is 1.83. The minimum atomic E-state index is 0.447. The molecular formula is C8H8ClN3O. The van der Waals surface area contributed by atoms with Gasteiger partial charge in [0.15, 0.2) is 11.5 Å². The summed E-state index contributed by atoms with van der Waals surface area (Å²) in [5, 5.41) is 8.56. The lowest BCUT2D eigenvalue weighted by atomic mass is 10.4. The first-order valence-corrected chi connectivity index (χ1v) is 4.17. The molecule has 4 nitrogen and oxygen atoms in total. The van der Waals surface area contributed by atoms with Crippen LogP contribution in [0.2, 0.25) is 5.02 Å². The lowest BCUT2D eigenvalue weighted by molar-refractivity contribution is 0.177. The molecule has 0 amide bonds. The van der Waals surface area contributed by atoms with Crippen molar-refractivity contribution in [3.05, 3.63) is 29.2 Å². The molecule has 0 atom stereocenters. The van der Waals surface area contributed by atoms with Gasteiger partial charge in [0.25, 0.3) is 0 Å². The van der Waals surface area contributed by atoms with Gasteiger partial charge in [0.05, 0.1) is 0 Å². The van der Waals surface area contributed by atoms with Crippen molar-refractivity contribution in [2.45, 2.75) is 6.61 Å². The maximum absolute atomic E-state index is 5.79. The number of halogens is 1. The number of ether oxygens (including phenoxy) is 1. The predicted molar refractivity (Wildman–Crippen MR) is 48.7 cm³/mol. The lowest BCUT2D eigenvalue weighted by Crippen LogP contribution is -1.95. The van der Waals surface area contributed by atoms with E-state index in [-0.39, 0.29) is 0 Å². The number of pyridine rings is 1. The van der Waals surface area contributed by atoms with Crippen molar-refractivity contribution in [1.82, 2.24) is 14.6 Å². The number of hydrogen-bond donors (Lipinski definition) is 0. The molecule has 0 aliphatic rings. The average molecular weight is 198 g/mol. The van der Waals surface area contributed by atoms with E-state index in [9.17, 15) is 0 Å². The number of rotatable bonds is 2. The third kappa shape index (κ3) is 1.50. The molecule has 0 unspecified atom stereocenters. The third-order valence-electron chi connectivity index (χ3n) is 1.72. The van der Waals surface area contributed by atoms with Crippen LogP contribution in [0.4, 0.5) is 0 Å². The van der Waals surface area contributed by atoms with Gasteiger partial charge >= 0.3 is 0 Å². The van der Waals surface area contributed by atoms with Gasteiger partial charge in [-0.1, -0.05) is 11.6 Å². The Kier molecular flexibility index (Phi) is 2.16. The lowest BCUT2D eigenvalue weighted by Gasteiger charge is -1.97. The van der Waals surface area contributed by atoms with Crippen molar-refractivity contribution >= 4 is 17.2 Å². The molecule has 13 heavy (non-hydrogen) atoms. The van der Waals surface area contributed by atoms with Crippen LogP contribution in [0.15, 0.2) is 18.3 Å². The highest BCUT2D eigenvalue weighted by molar-refractivity contribution is 6.30. The fraction of sp³-hybridized carbons (Fsp3) is 0.250. The van der Waals surface area contributed by atoms with E-state index in [0.717, 1.165) is 11.5 Å². The van der Waals surface area contributed by atoms with E-state index >= 15 is 0 Å². The second-order valence-corrected chi connectivity index (χ2v) is 3.06. The zero-order valence-corrected chi connectivity index (χ0v) is 7.82. The van der Waals surface area contributed by atoms with Crippen LogP contribution in [0.3, 0.4) is 0 Å². The van der Waals surface area contributed by atoms with E-state index in [0.29, 0.717) is 11.6 Å². The molecule has 0 saturated heterocycles. The monoisotopic (exact) mass is 197 g/mol. The maximum atomic E-state index is 5.79. The second-order valence-electron chi connectivity index (χ2n) is 2.62. The number of hydrogen-bond acceptors (Lipinski definition) is 3. The topological polar surface area (TPSA) is 39.4 Å². The minimum Gasteiger partial charge on any atom is -0.377 e. The molecule has 68 valence electrons. The van der Waals surface area contributed by atoms with E-state index in [2.05, 4.69) is 10.2 Å². The zero-order chi connectivity index (χ0) is 9.26. The zero-order valence-electron chi connectivity index (χ0n) is 7.07. The molecule has 0 fully saturated rings. The molecule has 0 spiro atoms. The summed E-state index contributed by atoms with van der Waals surface area (Å²) >= 11 is 5.79. The first-order valence-electron chi connectivity index (χ1n) is 3.79. The van der Waals surface area contributed by atoms with Crippen LogP contribution < -0.4 is 0 Å². The van der Waals surface area contributed by atoms with Crippen LogP contribution in [0.25, 0.3) is 5.65 Å². The molecule has 0 aromatic carbocycles. The van der Waals surface area contributed by atoms with Gasteiger partial charge in [-0.3, -0.25) is 4.40 Å². The third-order valence-corrected chi connectivity index (χ3v) is 1.95. The summed E-state index contributed by atoms with van der Waals surface area (Å²) < 4.78 is 6.81. The van der Waals surface area contributed by atoms with Crippen molar-refractivity contribution < 1.29 is 4.74 Å². The Bertz CT molecular complexity index is 426. The number of aromatic nitrogens is 3. The van der Waals surface area contributed by atoms with Gasteiger partial charge < -0.3 is 4.74 Å². The van der Waals surface area contributed by atoms with E-state index in [1.54, 1.807) is 19.2 Å². The normalized spacial score (nSPS) is 10.9. The van der Waals surface area contributed by atoms with Crippen molar-refractivity contribution in [3.8, 4) is 0 Å². The summed E-state index contributed by atoms with van der Waals surface area (Å²) in [6, 6.07) is 3.55. The summed E-state index contributed by atoms with van der Waals surface area (Å²) in [4.78, 5) is 0. The first-order chi connectivity index (χ1) is 6.31. The Balaban J connectivity index is 2.55. The summed E-state index contributed by atoms with van der Waals surface area (Å²) in [5.41, 5.74) is 0.736. The van der Waals surface area contributed by atoms with Gasteiger partial charge in [-0.2, -0.15) is 0 Å². The van der Waals surface area contributed by atoms with Gasteiger partial charge in [-0.15, -0.1) is 10.2 Å². The summed E-state index contributed by atoms with van der Waals surface area (Å²) in [7, 11) is 1.62. The van der Waals surface area contributed by atoms with Gasteiger partial charge in [0.1, 0.15) is 6.61 Å². The molecule has 0 bridgehead atoms. The molecule has 0 aliphatic heterocycles. The van der Waals surface area contributed by atoms with Crippen LogP contribution in [-0.2, 0) is 11.3 Å². The van der Waals surface area contributed by atoms with E-state index in [1.807, 2.05) is 10.6 Å². The largest absolute Gasteiger partial charge is 0.377 e. The first kappa shape index (κ1) is 8.47.